The zero-order valence-electron chi connectivity index (χ0n) is 12.9. The van der Waals surface area contributed by atoms with Crippen LogP contribution in [0.1, 0.15) is 21.1 Å². The average Bonchev–Trinajstić information content (AvgIpc) is 3.05. The Hall–Kier alpha value is -3.32. The molecule has 3 rings (SSSR count). The Morgan fingerprint density at radius 2 is 1.04 bits per heavy atom. The summed E-state index contributed by atoms with van der Waals surface area (Å²) < 4.78 is 0. The summed E-state index contributed by atoms with van der Waals surface area (Å²) in [5.74, 6) is -0.693. The Balaban J connectivity index is 1.71. The Morgan fingerprint density at radius 3 is 1.44 bits per heavy atom. The highest BCUT2D eigenvalue weighted by Crippen LogP contribution is 2.27. The highest BCUT2D eigenvalue weighted by Gasteiger charge is 2.01. The van der Waals surface area contributed by atoms with E-state index in [9.17, 15) is 20.4 Å². The van der Waals surface area contributed by atoms with Gasteiger partial charge in [0.1, 0.15) is 10.0 Å². The number of hydrogen-bond donors (Lipinski definition) is 4. The van der Waals surface area contributed by atoms with Gasteiger partial charge in [-0.25, -0.2) is 0 Å². The molecule has 4 N–H and O–H groups in total. The summed E-state index contributed by atoms with van der Waals surface area (Å²) in [5, 5.41) is 47.0. The van der Waals surface area contributed by atoms with E-state index < -0.39 is 0 Å². The molecule has 0 saturated heterocycles. The van der Waals surface area contributed by atoms with E-state index in [1.54, 1.807) is 36.4 Å². The number of aromatic nitrogens is 2. The smallest absolute Gasteiger partial charge is 0.157 e. The average molecular weight is 354 g/mol. The Morgan fingerprint density at radius 1 is 0.600 bits per heavy atom. The fourth-order valence-corrected chi connectivity index (χ4v) is 2.65. The molecule has 0 radical (unpaired) electrons. The SMILES string of the molecule is Oc1ccc(/C=C/c2nnc(/C=C/c3ccc(O)c(O)c3)s2)cc1O. The van der Waals surface area contributed by atoms with Gasteiger partial charge in [0.05, 0.1) is 0 Å². The molecule has 0 saturated carbocycles. The lowest BCUT2D eigenvalue weighted by atomic mass is 10.2. The van der Waals surface area contributed by atoms with Crippen LogP contribution < -0.4 is 0 Å². The number of phenolic OH excluding ortho intramolecular Hbond substituents is 4. The fraction of sp³-hybridized carbons (Fsp3) is 0. The predicted octanol–water partition coefficient (Wildman–Crippen LogP) is 3.70. The summed E-state index contributed by atoms with van der Waals surface area (Å²) in [6.07, 6.45) is 7.02. The van der Waals surface area contributed by atoms with Gasteiger partial charge >= 0.3 is 0 Å². The van der Waals surface area contributed by atoms with Crippen LogP contribution in [0.15, 0.2) is 36.4 Å². The van der Waals surface area contributed by atoms with Crippen molar-refractivity contribution in [3.63, 3.8) is 0 Å². The van der Waals surface area contributed by atoms with E-state index in [4.69, 9.17) is 0 Å². The second kappa shape index (κ2) is 7.06. The lowest BCUT2D eigenvalue weighted by molar-refractivity contribution is 0.403. The van der Waals surface area contributed by atoms with Gasteiger partial charge in [-0.05, 0) is 47.5 Å². The molecule has 25 heavy (non-hydrogen) atoms. The van der Waals surface area contributed by atoms with Crippen LogP contribution in [-0.2, 0) is 0 Å². The van der Waals surface area contributed by atoms with Crippen LogP contribution in [0, 0.1) is 0 Å². The van der Waals surface area contributed by atoms with E-state index >= 15 is 0 Å². The van der Waals surface area contributed by atoms with Gasteiger partial charge < -0.3 is 20.4 Å². The maximum absolute atomic E-state index is 9.46. The Kier molecular flexibility index (Phi) is 4.67. The van der Waals surface area contributed by atoms with Gasteiger partial charge in [0.15, 0.2) is 23.0 Å². The van der Waals surface area contributed by atoms with Crippen molar-refractivity contribution in [1.29, 1.82) is 0 Å². The van der Waals surface area contributed by atoms with Gasteiger partial charge in [-0.1, -0.05) is 35.6 Å². The van der Waals surface area contributed by atoms with Crippen molar-refractivity contribution < 1.29 is 20.4 Å². The summed E-state index contributed by atoms with van der Waals surface area (Å²) in [6, 6.07) is 9.07. The summed E-state index contributed by atoms with van der Waals surface area (Å²) in [7, 11) is 0. The summed E-state index contributed by atoms with van der Waals surface area (Å²) in [6.45, 7) is 0. The topological polar surface area (TPSA) is 107 Å². The maximum atomic E-state index is 9.46. The molecule has 6 nitrogen and oxygen atoms in total. The second-order valence-corrected chi connectivity index (χ2v) is 6.18. The maximum Gasteiger partial charge on any atom is 0.157 e. The third kappa shape index (κ3) is 4.15. The largest absolute Gasteiger partial charge is 0.504 e. The number of hydrogen-bond acceptors (Lipinski definition) is 7. The number of benzene rings is 2. The minimum atomic E-state index is -0.180. The first kappa shape index (κ1) is 16.5. The summed E-state index contributed by atoms with van der Waals surface area (Å²) in [5.41, 5.74) is 1.45. The molecule has 1 heterocycles. The van der Waals surface area contributed by atoms with Gasteiger partial charge in [0, 0.05) is 0 Å². The molecule has 126 valence electrons. The first-order valence-electron chi connectivity index (χ1n) is 7.25. The van der Waals surface area contributed by atoms with E-state index in [2.05, 4.69) is 10.2 Å². The summed E-state index contributed by atoms with van der Waals surface area (Å²) >= 11 is 1.37. The van der Waals surface area contributed by atoms with Crippen molar-refractivity contribution >= 4 is 35.6 Å². The molecule has 0 aliphatic heterocycles. The quantitative estimate of drug-likeness (QED) is 0.532. The van der Waals surface area contributed by atoms with Gasteiger partial charge in [-0.3, -0.25) is 0 Å². The molecule has 1 aromatic heterocycles. The zero-order chi connectivity index (χ0) is 17.8. The highest BCUT2D eigenvalue weighted by atomic mass is 32.1. The molecular weight excluding hydrogens is 340 g/mol. The molecule has 0 spiro atoms. The number of aromatic hydroxyl groups is 4. The zero-order valence-corrected chi connectivity index (χ0v) is 13.7. The fourth-order valence-electron chi connectivity index (χ4n) is 2.00. The minimum absolute atomic E-state index is 0.166. The predicted molar refractivity (Wildman–Crippen MR) is 97.3 cm³/mol. The number of nitrogens with zero attached hydrogens (tertiary/aromatic N) is 2. The van der Waals surface area contributed by atoms with Crippen molar-refractivity contribution in [2.24, 2.45) is 0 Å². The van der Waals surface area contributed by atoms with Gasteiger partial charge in [-0.15, -0.1) is 10.2 Å². The normalized spacial score (nSPS) is 11.5. The molecule has 0 bridgehead atoms. The van der Waals surface area contributed by atoms with Crippen LogP contribution in [0.4, 0.5) is 0 Å². The molecule has 3 aromatic rings. The molecule has 0 aliphatic rings. The van der Waals surface area contributed by atoms with Crippen LogP contribution in [0.2, 0.25) is 0 Å². The molecule has 2 aromatic carbocycles. The number of rotatable bonds is 4. The lowest BCUT2D eigenvalue weighted by Crippen LogP contribution is -1.75. The number of phenols is 4. The Bertz CT molecular complexity index is 887. The molecule has 7 heteroatoms. The first-order chi connectivity index (χ1) is 12.0. The van der Waals surface area contributed by atoms with Crippen LogP contribution in [0.5, 0.6) is 23.0 Å². The van der Waals surface area contributed by atoms with Gasteiger partial charge in [0.2, 0.25) is 0 Å². The van der Waals surface area contributed by atoms with Crippen molar-refractivity contribution in [1.82, 2.24) is 10.2 Å². The molecule has 0 amide bonds. The third-order valence-electron chi connectivity index (χ3n) is 3.29. The van der Waals surface area contributed by atoms with Crippen LogP contribution in [0.25, 0.3) is 24.3 Å². The molecule has 0 atom stereocenters. The molecule has 0 unspecified atom stereocenters. The van der Waals surface area contributed by atoms with Crippen molar-refractivity contribution in [2.75, 3.05) is 0 Å². The highest BCUT2D eigenvalue weighted by molar-refractivity contribution is 7.13. The minimum Gasteiger partial charge on any atom is -0.504 e. The van der Waals surface area contributed by atoms with E-state index in [1.165, 1.54) is 35.6 Å². The van der Waals surface area contributed by atoms with Gasteiger partial charge in [-0.2, -0.15) is 0 Å². The van der Waals surface area contributed by atoms with Gasteiger partial charge in [0.25, 0.3) is 0 Å². The van der Waals surface area contributed by atoms with Crippen molar-refractivity contribution in [3.05, 3.63) is 57.5 Å². The molecule has 0 fully saturated rings. The first-order valence-corrected chi connectivity index (χ1v) is 8.06. The molecular formula is C18H14N2O4S. The monoisotopic (exact) mass is 354 g/mol. The van der Waals surface area contributed by atoms with E-state index in [0.717, 1.165) is 11.1 Å². The van der Waals surface area contributed by atoms with Crippen LogP contribution in [-0.4, -0.2) is 30.6 Å². The van der Waals surface area contributed by atoms with Crippen molar-refractivity contribution in [2.45, 2.75) is 0 Å². The standard InChI is InChI=1S/C18H14N2O4S/c21-13-5-1-11(9-15(13)23)3-7-17-19-20-18(25-17)8-4-12-2-6-14(22)16(24)10-12/h1-10,21-24H/b7-3+,8-4+. The lowest BCUT2D eigenvalue weighted by Gasteiger charge is -1.97. The van der Waals surface area contributed by atoms with E-state index in [0.29, 0.717) is 10.0 Å². The van der Waals surface area contributed by atoms with Crippen LogP contribution >= 0.6 is 11.3 Å². The van der Waals surface area contributed by atoms with E-state index in [1.807, 2.05) is 0 Å². The molecule has 0 aliphatic carbocycles. The van der Waals surface area contributed by atoms with Crippen molar-refractivity contribution in [3.8, 4) is 23.0 Å². The Labute approximate surface area is 147 Å². The van der Waals surface area contributed by atoms with E-state index in [-0.39, 0.29) is 23.0 Å². The second-order valence-electron chi connectivity index (χ2n) is 5.14. The third-order valence-corrected chi connectivity index (χ3v) is 4.15. The van der Waals surface area contributed by atoms with Crippen LogP contribution in [0.3, 0.4) is 0 Å². The summed E-state index contributed by atoms with van der Waals surface area (Å²) in [4.78, 5) is 0.